The third-order valence-corrected chi connectivity index (χ3v) is 4.04. The van der Waals surface area contributed by atoms with Gasteiger partial charge in [0.1, 0.15) is 0 Å². The highest BCUT2D eigenvalue weighted by Crippen LogP contribution is 2.35. The van der Waals surface area contributed by atoms with Gasteiger partial charge in [0.2, 0.25) is 0 Å². The molecule has 2 rings (SSSR count). The summed E-state index contributed by atoms with van der Waals surface area (Å²) in [4.78, 5) is 12.2. The number of carbonyl (C=O) groups excluding carboxylic acids is 1. The molecular weight excluding hydrogens is 236 g/mol. The Hall–Kier alpha value is -1.51. The van der Waals surface area contributed by atoms with Gasteiger partial charge in [0.25, 0.3) is 5.91 Å². The van der Waals surface area contributed by atoms with Crippen LogP contribution in [0.25, 0.3) is 0 Å². The van der Waals surface area contributed by atoms with Crippen LogP contribution in [0.3, 0.4) is 0 Å². The summed E-state index contributed by atoms with van der Waals surface area (Å²) in [6.07, 6.45) is 4.49. The van der Waals surface area contributed by atoms with E-state index in [0.29, 0.717) is 22.7 Å². The normalized spacial score (nSPS) is 19.1. The van der Waals surface area contributed by atoms with E-state index in [9.17, 15) is 4.79 Å². The summed E-state index contributed by atoms with van der Waals surface area (Å²) in [5, 5.41) is 3.13. The summed E-state index contributed by atoms with van der Waals surface area (Å²) in [5.74, 6) is 0.0000983. The number of aryl methyl sites for hydroxylation is 1. The Bertz CT molecular complexity index is 449. The number of amides is 1. The molecule has 0 unspecified atom stereocenters. The number of carbonyl (C=O) groups is 1. The van der Waals surface area contributed by atoms with Gasteiger partial charge in [0.05, 0.1) is 0 Å². The van der Waals surface area contributed by atoms with Gasteiger partial charge in [0, 0.05) is 17.3 Å². The SMILES string of the molecule is Cc1cc(N)cc(C(=O)NC2CCC(C)(C)CC2)c1. The maximum Gasteiger partial charge on any atom is 0.251 e. The quantitative estimate of drug-likeness (QED) is 0.802. The number of benzene rings is 1. The fourth-order valence-corrected chi connectivity index (χ4v) is 2.76. The van der Waals surface area contributed by atoms with Crippen LogP contribution < -0.4 is 11.1 Å². The molecule has 1 aliphatic rings. The number of rotatable bonds is 2. The van der Waals surface area contributed by atoms with Gasteiger partial charge in [-0.3, -0.25) is 4.79 Å². The lowest BCUT2D eigenvalue weighted by atomic mass is 9.75. The summed E-state index contributed by atoms with van der Waals surface area (Å²) in [6, 6.07) is 5.82. The van der Waals surface area contributed by atoms with Crippen LogP contribution in [-0.2, 0) is 0 Å². The maximum absolute atomic E-state index is 12.2. The molecule has 0 spiro atoms. The molecule has 1 aromatic carbocycles. The molecule has 0 saturated heterocycles. The van der Waals surface area contributed by atoms with Gasteiger partial charge in [-0.2, -0.15) is 0 Å². The standard InChI is InChI=1S/C16H24N2O/c1-11-8-12(10-13(17)9-11)15(19)18-14-4-6-16(2,3)7-5-14/h8-10,14H,4-7,17H2,1-3H3,(H,18,19). The Labute approximate surface area is 115 Å². The highest BCUT2D eigenvalue weighted by Gasteiger charge is 2.27. The molecule has 0 aromatic heterocycles. The largest absolute Gasteiger partial charge is 0.399 e. The van der Waals surface area contributed by atoms with Gasteiger partial charge in [-0.1, -0.05) is 13.8 Å². The molecule has 104 valence electrons. The maximum atomic E-state index is 12.2. The van der Waals surface area contributed by atoms with E-state index in [1.165, 1.54) is 12.8 Å². The number of nitrogens with one attached hydrogen (secondary N) is 1. The summed E-state index contributed by atoms with van der Waals surface area (Å²) in [5.41, 5.74) is 8.55. The lowest BCUT2D eigenvalue weighted by Crippen LogP contribution is -2.39. The zero-order valence-electron chi connectivity index (χ0n) is 12.1. The molecule has 3 N–H and O–H groups in total. The number of hydrogen-bond acceptors (Lipinski definition) is 2. The first kappa shape index (κ1) is 13.9. The smallest absolute Gasteiger partial charge is 0.251 e. The number of nitrogen functional groups attached to an aromatic ring is 1. The number of nitrogens with two attached hydrogens (primary N) is 1. The second-order valence-corrected chi connectivity index (χ2v) is 6.54. The molecule has 3 nitrogen and oxygen atoms in total. The highest BCUT2D eigenvalue weighted by atomic mass is 16.1. The first-order valence-electron chi connectivity index (χ1n) is 7.04. The van der Waals surface area contributed by atoms with Crippen molar-refractivity contribution in [3.63, 3.8) is 0 Å². The molecule has 1 aliphatic carbocycles. The summed E-state index contributed by atoms with van der Waals surface area (Å²) < 4.78 is 0. The van der Waals surface area contributed by atoms with Crippen LogP contribution in [0.4, 0.5) is 5.69 Å². The third kappa shape index (κ3) is 3.72. The predicted octanol–water partition coefficient (Wildman–Crippen LogP) is 3.28. The van der Waals surface area contributed by atoms with Crippen LogP contribution in [0.1, 0.15) is 55.5 Å². The van der Waals surface area contributed by atoms with E-state index < -0.39 is 0 Å². The summed E-state index contributed by atoms with van der Waals surface area (Å²) in [6.45, 7) is 6.55. The second-order valence-electron chi connectivity index (χ2n) is 6.54. The van der Waals surface area contributed by atoms with Crippen molar-refractivity contribution in [2.24, 2.45) is 5.41 Å². The molecule has 1 fully saturated rings. The van der Waals surface area contributed by atoms with Crippen molar-refractivity contribution in [3.8, 4) is 0 Å². The monoisotopic (exact) mass is 260 g/mol. The van der Waals surface area contributed by atoms with E-state index in [-0.39, 0.29) is 5.91 Å². The predicted molar refractivity (Wildman–Crippen MR) is 79.1 cm³/mol. The first-order valence-corrected chi connectivity index (χ1v) is 7.04. The third-order valence-electron chi connectivity index (χ3n) is 4.04. The van der Waals surface area contributed by atoms with Crippen molar-refractivity contribution >= 4 is 11.6 Å². The van der Waals surface area contributed by atoms with Crippen molar-refractivity contribution in [2.75, 3.05) is 5.73 Å². The van der Waals surface area contributed by atoms with Crippen LogP contribution in [0.2, 0.25) is 0 Å². The Morgan fingerprint density at radius 1 is 1.26 bits per heavy atom. The minimum absolute atomic E-state index is 0.0000983. The zero-order chi connectivity index (χ0) is 14.0. The highest BCUT2D eigenvalue weighted by molar-refractivity contribution is 5.95. The van der Waals surface area contributed by atoms with Gasteiger partial charge in [0.15, 0.2) is 0 Å². The van der Waals surface area contributed by atoms with Gasteiger partial charge < -0.3 is 11.1 Å². The molecule has 1 aromatic rings. The lowest BCUT2D eigenvalue weighted by molar-refractivity contribution is 0.0909. The number of anilines is 1. The Morgan fingerprint density at radius 3 is 2.47 bits per heavy atom. The molecule has 0 atom stereocenters. The molecule has 0 radical (unpaired) electrons. The van der Waals surface area contributed by atoms with E-state index in [2.05, 4.69) is 19.2 Å². The lowest BCUT2D eigenvalue weighted by Gasteiger charge is -2.34. The van der Waals surface area contributed by atoms with Crippen molar-refractivity contribution in [3.05, 3.63) is 29.3 Å². The average Bonchev–Trinajstić information content (AvgIpc) is 2.30. The van der Waals surface area contributed by atoms with E-state index in [4.69, 9.17) is 5.73 Å². The van der Waals surface area contributed by atoms with Crippen molar-refractivity contribution in [1.82, 2.24) is 5.32 Å². The van der Waals surface area contributed by atoms with Crippen LogP contribution in [0.5, 0.6) is 0 Å². The van der Waals surface area contributed by atoms with Crippen molar-refractivity contribution in [2.45, 2.75) is 52.5 Å². The van der Waals surface area contributed by atoms with Gasteiger partial charge >= 0.3 is 0 Å². The first-order chi connectivity index (χ1) is 8.85. The fourth-order valence-electron chi connectivity index (χ4n) is 2.76. The van der Waals surface area contributed by atoms with E-state index in [0.717, 1.165) is 18.4 Å². The summed E-state index contributed by atoms with van der Waals surface area (Å²) in [7, 11) is 0. The van der Waals surface area contributed by atoms with Crippen LogP contribution in [-0.4, -0.2) is 11.9 Å². The fraction of sp³-hybridized carbons (Fsp3) is 0.562. The van der Waals surface area contributed by atoms with Gasteiger partial charge in [-0.05, 0) is 61.8 Å². The zero-order valence-corrected chi connectivity index (χ0v) is 12.1. The van der Waals surface area contributed by atoms with Crippen LogP contribution in [0.15, 0.2) is 18.2 Å². The molecular formula is C16H24N2O. The molecule has 1 saturated carbocycles. The molecule has 3 heteroatoms. The topological polar surface area (TPSA) is 55.1 Å². The average molecular weight is 260 g/mol. The Kier molecular flexibility index (Phi) is 3.83. The van der Waals surface area contributed by atoms with Crippen molar-refractivity contribution in [1.29, 1.82) is 0 Å². The molecule has 0 bridgehead atoms. The van der Waals surface area contributed by atoms with E-state index in [1.807, 2.05) is 19.1 Å². The Morgan fingerprint density at radius 2 is 1.89 bits per heavy atom. The molecule has 0 aliphatic heterocycles. The molecule has 0 heterocycles. The minimum atomic E-state index is 0.0000983. The van der Waals surface area contributed by atoms with Gasteiger partial charge in [-0.15, -0.1) is 0 Å². The van der Waals surface area contributed by atoms with Crippen LogP contribution in [0, 0.1) is 12.3 Å². The van der Waals surface area contributed by atoms with Crippen LogP contribution >= 0.6 is 0 Å². The Balaban J connectivity index is 1.98. The van der Waals surface area contributed by atoms with E-state index >= 15 is 0 Å². The molecule has 19 heavy (non-hydrogen) atoms. The summed E-state index contributed by atoms with van der Waals surface area (Å²) >= 11 is 0. The molecule has 1 amide bonds. The minimum Gasteiger partial charge on any atom is -0.399 e. The van der Waals surface area contributed by atoms with Crippen molar-refractivity contribution < 1.29 is 4.79 Å². The second kappa shape index (κ2) is 5.24. The van der Waals surface area contributed by atoms with Gasteiger partial charge in [-0.25, -0.2) is 0 Å². The van der Waals surface area contributed by atoms with E-state index in [1.54, 1.807) is 6.07 Å². The number of hydrogen-bond donors (Lipinski definition) is 2.